The van der Waals surface area contributed by atoms with E-state index >= 15 is 0 Å². The van der Waals surface area contributed by atoms with E-state index in [4.69, 9.17) is 11.1 Å². The first-order valence-corrected chi connectivity index (χ1v) is 12.8. The number of rotatable bonds is 2. The summed E-state index contributed by atoms with van der Waals surface area (Å²) in [6, 6.07) is 1.18. The number of hydrogen-bond donors (Lipinski definition) is 0. The van der Waals surface area contributed by atoms with Gasteiger partial charge in [-0.1, -0.05) is 45.0 Å². The molecule has 0 fully saturated rings. The average Bonchev–Trinajstić information content (AvgIpc) is 2.83. The molecule has 0 atom stereocenters. The van der Waals surface area contributed by atoms with E-state index < -0.39 is 7.38 Å². The van der Waals surface area contributed by atoms with Gasteiger partial charge in [-0.05, 0) is 68.6 Å². The summed E-state index contributed by atoms with van der Waals surface area (Å²) in [6.45, 7) is 6.43. The third-order valence-electron chi connectivity index (χ3n) is 4.34. The molecule has 0 aromatic carbocycles. The molecule has 2 aliphatic carbocycles. The molecule has 0 aliphatic heterocycles. The zero-order valence-electron chi connectivity index (χ0n) is 13.8. The Bertz CT molecular complexity index is 297. The Morgan fingerprint density at radius 3 is 1.60 bits per heavy atom. The van der Waals surface area contributed by atoms with Crippen LogP contribution in [0.2, 0.25) is 19.1 Å². The van der Waals surface area contributed by atoms with Crippen LogP contribution in [-0.4, -0.2) is 7.38 Å². The minimum absolute atomic E-state index is 1.16. The van der Waals surface area contributed by atoms with E-state index in [2.05, 4.69) is 32.2 Å². The summed E-state index contributed by atoms with van der Waals surface area (Å²) in [7, 11) is -1.16. The molecule has 0 saturated heterocycles. The topological polar surface area (TPSA) is 0 Å². The van der Waals surface area contributed by atoms with Crippen molar-refractivity contribution < 1.29 is 0 Å². The zero-order chi connectivity index (χ0) is 14.8. The maximum absolute atomic E-state index is 5.86. The van der Waals surface area contributed by atoms with Gasteiger partial charge in [-0.15, -0.1) is 0 Å². The molecule has 0 bridgehead atoms. The Balaban J connectivity index is 0.000000286. The van der Waals surface area contributed by atoms with Crippen molar-refractivity contribution in [3.05, 3.63) is 23.3 Å². The molecule has 20 heavy (non-hydrogen) atoms. The lowest BCUT2D eigenvalue weighted by Gasteiger charge is -2.09. The van der Waals surface area contributed by atoms with Crippen molar-refractivity contribution in [2.45, 2.75) is 90.3 Å². The van der Waals surface area contributed by atoms with Crippen LogP contribution in [-0.2, 0) is 0 Å². The highest BCUT2D eigenvalue weighted by Crippen LogP contribution is 2.29. The predicted molar refractivity (Wildman–Crippen MR) is 96.2 cm³/mol. The number of allylic oxidation sites excluding steroid dienone is 4. The van der Waals surface area contributed by atoms with E-state index in [0.717, 1.165) is 0 Å². The van der Waals surface area contributed by atoms with Crippen LogP contribution < -0.4 is 0 Å². The van der Waals surface area contributed by atoms with Crippen LogP contribution in [0.1, 0.15) is 71.1 Å². The van der Waals surface area contributed by atoms with Gasteiger partial charge in [0.05, 0.1) is 0 Å². The summed E-state index contributed by atoms with van der Waals surface area (Å²) in [5.74, 6) is 0. The SMILES string of the molecule is C1=C(C2=CCCCCC2)CCCCC1.CC[Si](C)(C)Cl. The Morgan fingerprint density at radius 1 is 0.850 bits per heavy atom. The van der Waals surface area contributed by atoms with Crippen molar-refractivity contribution in [2.75, 3.05) is 0 Å². The van der Waals surface area contributed by atoms with Crippen LogP contribution >= 0.6 is 11.1 Å². The first-order chi connectivity index (χ1) is 9.53. The standard InChI is InChI=1S/C14H22.C4H11ClSi/c1-2-6-10-13(9-5-1)14-11-7-3-4-8-12-14;1-4-6(2,3)5/h9,11H,1-8,10,12H2;4H2,1-3H3. The summed E-state index contributed by atoms with van der Waals surface area (Å²) in [5, 5.41) is 0. The third kappa shape index (κ3) is 8.31. The van der Waals surface area contributed by atoms with E-state index in [1.54, 1.807) is 11.1 Å². The lowest BCUT2D eigenvalue weighted by molar-refractivity contribution is 0.699. The second-order valence-corrected chi connectivity index (χ2v) is 13.9. The Morgan fingerprint density at radius 2 is 1.25 bits per heavy atom. The maximum atomic E-state index is 5.86. The van der Waals surface area contributed by atoms with E-state index in [1.807, 2.05) is 0 Å². The largest absolute Gasteiger partial charge is 0.168 e. The number of halogens is 1. The third-order valence-corrected chi connectivity index (χ3v) is 6.82. The van der Waals surface area contributed by atoms with Crippen molar-refractivity contribution >= 4 is 18.5 Å². The summed E-state index contributed by atoms with van der Waals surface area (Å²) in [5.41, 5.74) is 3.40. The summed E-state index contributed by atoms with van der Waals surface area (Å²) >= 11 is 5.86. The molecule has 0 amide bonds. The predicted octanol–water partition coefficient (Wildman–Crippen LogP) is 7.22. The fourth-order valence-electron chi connectivity index (χ4n) is 2.61. The highest BCUT2D eigenvalue weighted by atomic mass is 35.6. The van der Waals surface area contributed by atoms with Gasteiger partial charge in [-0.25, -0.2) is 0 Å². The van der Waals surface area contributed by atoms with Gasteiger partial charge in [0.2, 0.25) is 0 Å². The molecule has 2 heteroatoms. The van der Waals surface area contributed by atoms with E-state index in [9.17, 15) is 0 Å². The van der Waals surface area contributed by atoms with Crippen molar-refractivity contribution in [1.29, 1.82) is 0 Å². The van der Waals surface area contributed by atoms with Gasteiger partial charge in [0, 0.05) is 0 Å². The second kappa shape index (κ2) is 9.84. The molecule has 0 spiro atoms. The minimum atomic E-state index is -1.16. The van der Waals surface area contributed by atoms with Gasteiger partial charge >= 0.3 is 0 Å². The summed E-state index contributed by atoms with van der Waals surface area (Å²) in [6.07, 6.45) is 18.9. The Hall–Kier alpha value is -0.0131. The summed E-state index contributed by atoms with van der Waals surface area (Å²) < 4.78 is 0. The van der Waals surface area contributed by atoms with Crippen molar-refractivity contribution in [3.8, 4) is 0 Å². The molecule has 0 aromatic rings. The second-order valence-electron chi connectivity index (χ2n) is 6.73. The number of hydrogen-bond acceptors (Lipinski definition) is 0. The molecular weight excluding hydrogens is 280 g/mol. The van der Waals surface area contributed by atoms with Crippen LogP contribution in [0.15, 0.2) is 23.3 Å². The van der Waals surface area contributed by atoms with Crippen LogP contribution in [0.3, 0.4) is 0 Å². The Kier molecular flexibility index (Phi) is 8.87. The molecule has 0 aromatic heterocycles. The van der Waals surface area contributed by atoms with Gasteiger partial charge < -0.3 is 0 Å². The minimum Gasteiger partial charge on any atom is -0.168 e. The molecule has 116 valence electrons. The van der Waals surface area contributed by atoms with Crippen LogP contribution in [0, 0.1) is 0 Å². The normalized spacial score (nSPS) is 20.8. The first-order valence-electron chi connectivity index (χ1n) is 8.60. The Labute approximate surface area is 132 Å². The van der Waals surface area contributed by atoms with Gasteiger partial charge in [0.1, 0.15) is 7.38 Å². The van der Waals surface area contributed by atoms with Crippen LogP contribution in [0.25, 0.3) is 0 Å². The summed E-state index contributed by atoms with van der Waals surface area (Å²) in [4.78, 5) is 0. The monoisotopic (exact) mass is 312 g/mol. The fraction of sp³-hybridized carbons (Fsp3) is 0.778. The van der Waals surface area contributed by atoms with Gasteiger partial charge in [0.15, 0.2) is 0 Å². The fourth-order valence-corrected chi connectivity index (χ4v) is 2.61. The van der Waals surface area contributed by atoms with Crippen molar-refractivity contribution in [3.63, 3.8) is 0 Å². The van der Waals surface area contributed by atoms with Gasteiger partial charge in [-0.2, -0.15) is 11.1 Å². The van der Waals surface area contributed by atoms with E-state index in [-0.39, 0.29) is 0 Å². The molecule has 0 heterocycles. The van der Waals surface area contributed by atoms with Crippen LogP contribution in [0.4, 0.5) is 0 Å². The first kappa shape index (κ1) is 18.0. The highest BCUT2D eigenvalue weighted by Gasteiger charge is 2.11. The molecule has 0 nitrogen and oxygen atoms in total. The molecule has 2 aliphatic rings. The molecule has 0 saturated carbocycles. The maximum Gasteiger partial charge on any atom is 0.150 e. The average molecular weight is 313 g/mol. The van der Waals surface area contributed by atoms with Crippen molar-refractivity contribution in [1.82, 2.24) is 0 Å². The molecular formula is C18H33ClSi. The quantitative estimate of drug-likeness (QED) is 0.373. The zero-order valence-corrected chi connectivity index (χ0v) is 15.6. The van der Waals surface area contributed by atoms with Gasteiger partial charge in [-0.3, -0.25) is 0 Å². The van der Waals surface area contributed by atoms with E-state index in [0.29, 0.717) is 0 Å². The molecule has 0 N–H and O–H groups in total. The van der Waals surface area contributed by atoms with Crippen molar-refractivity contribution in [2.24, 2.45) is 0 Å². The van der Waals surface area contributed by atoms with Crippen LogP contribution in [0.5, 0.6) is 0 Å². The lowest BCUT2D eigenvalue weighted by Crippen LogP contribution is -2.12. The smallest absolute Gasteiger partial charge is 0.150 e. The molecule has 0 unspecified atom stereocenters. The van der Waals surface area contributed by atoms with Gasteiger partial charge in [0.25, 0.3) is 0 Å². The lowest BCUT2D eigenvalue weighted by atomic mass is 9.97. The molecule has 2 rings (SSSR count). The highest BCUT2D eigenvalue weighted by molar-refractivity contribution is 7.19. The molecule has 0 radical (unpaired) electrons. The van der Waals surface area contributed by atoms with E-state index in [1.165, 1.54) is 70.3 Å².